The van der Waals surface area contributed by atoms with E-state index in [4.69, 9.17) is 32.0 Å². The molecule has 4 aromatic rings. The summed E-state index contributed by atoms with van der Waals surface area (Å²) in [4.78, 5) is 20.0. The summed E-state index contributed by atoms with van der Waals surface area (Å²) in [6, 6.07) is 9.03. The maximum Gasteiger partial charge on any atom is 0.213 e. The summed E-state index contributed by atoms with van der Waals surface area (Å²) in [7, 11) is 1.60. The smallest absolute Gasteiger partial charge is 0.213 e. The van der Waals surface area contributed by atoms with Gasteiger partial charge in [0, 0.05) is 46.9 Å². The number of aromatic nitrogens is 4. The van der Waals surface area contributed by atoms with Gasteiger partial charge in [0.25, 0.3) is 0 Å². The van der Waals surface area contributed by atoms with Crippen molar-refractivity contribution in [3.63, 3.8) is 0 Å². The lowest BCUT2D eigenvalue weighted by molar-refractivity contribution is 0.399. The van der Waals surface area contributed by atoms with Crippen LogP contribution in [0.1, 0.15) is 25.7 Å². The molecule has 2 atom stereocenters. The molecule has 2 bridgehead atoms. The van der Waals surface area contributed by atoms with E-state index >= 15 is 0 Å². The molecule has 2 aliphatic rings. The standard InChI is InChI=1S/C23H23ClN6O.ClH/c1-31-19-7-3-12-2-6-16(20(24)21(12)29-19)17-10-27-23-22(17)26-11-18(28-23)30-14-4-5-15(30)9-13(25)8-14;/h2-3,6-7,10-11,13-15H,4-5,8-9,25H2,1H3,(H,27,28);1H. The second-order valence-corrected chi connectivity index (χ2v) is 8.88. The Morgan fingerprint density at radius 1 is 1.06 bits per heavy atom. The first-order valence-electron chi connectivity index (χ1n) is 10.6. The van der Waals surface area contributed by atoms with E-state index in [0.29, 0.717) is 34.5 Å². The molecule has 2 aliphatic heterocycles. The molecule has 2 fully saturated rings. The fraction of sp³-hybridized carbons (Fsp3) is 0.348. The molecule has 0 spiro atoms. The minimum atomic E-state index is 0. The summed E-state index contributed by atoms with van der Waals surface area (Å²) in [5, 5.41) is 1.53. The topological polar surface area (TPSA) is 93.0 Å². The van der Waals surface area contributed by atoms with Crippen LogP contribution >= 0.6 is 24.0 Å². The highest BCUT2D eigenvalue weighted by Crippen LogP contribution is 2.40. The number of H-pyrrole nitrogens is 1. The fourth-order valence-electron chi connectivity index (χ4n) is 5.27. The van der Waals surface area contributed by atoms with E-state index in [0.717, 1.165) is 46.3 Å². The van der Waals surface area contributed by atoms with Gasteiger partial charge in [-0.1, -0.05) is 23.7 Å². The number of hydrogen-bond acceptors (Lipinski definition) is 6. The van der Waals surface area contributed by atoms with Gasteiger partial charge in [-0.25, -0.2) is 15.0 Å². The number of nitrogens with one attached hydrogen (secondary N) is 1. The number of methoxy groups -OCH3 is 1. The van der Waals surface area contributed by atoms with Gasteiger partial charge in [0.05, 0.1) is 23.8 Å². The Kier molecular flexibility index (Phi) is 5.35. The predicted octanol–water partition coefficient (Wildman–Crippen LogP) is 4.72. The Hall–Kier alpha value is -2.61. The van der Waals surface area contributed by atoms with Crippen LogP contribution in [0.4, 0.5) is 5.82 Å². The van der Waals surface area contributed by atoms with Gasteiger partial charge in [-0.2, -0.15) is 0 Å². The number of halogens is 2. The molecular weight excluding hydrogens is 447 g/mol. The molecule has 0 amide bonds. The molecule has 1 aromatic carbocycles. The van der Waals surface area contributed by atoms with Crippen LogP contribution in [0.15, 0.2) is 36.7 Å². The molecule has 3 aromatic heterocycles. The van der Waals surface area contributed by atoms with Crippen molar-refractivity contribution in [2.24, 2.45) is 5.73 Å². The number of ether oxygens (including phenoxy) is 1. The second kappa shape index (κ2) is 8.06. The van der Waals surface area contributed by atoms with Crippen LogP contribution in [-0.4, -0.2) is 45.2 Å². The lowest BCUT2D eigenvalue weighted by Crippen LogP contribution is -2.47. The number of anilines is 1. The van der Waals surface area contributed by atoms with E-state index in [2.05, 4.69) is 14.9 Å². The van der Waals surface area contributed by atoms with Crippen LogP contribution in [0, 0.1) is 0 Å². The minimum absolute atomic E-state index is 0. The highest BCUT2D eigenvalue weighted by atomic mass is 35.5. The quantitative estimate of drug-likeness (QED) is 0.450. The maximum atomic E-state index is 6.78. The first kappa shape index (κ1) is 21.2. The van der Waals surface area contributed by atoms with E-state index < -0.39 is 0 Å². The Balaban J connectivity index is 0.00000216. The zero-order chi connectivity index (χ0) is 21.1. The zero-order valence-corrected chi connectivity index (χ0v) is 19.2. The predicted molar refractivity (Wildman–Crippen MR) is 130 cm³/mol. The molecule has 2 saturated heterocycles. The summed E-state index contributed by atoms with van der Waals surface area (Å²) in [6.45, 7) is 0. The van der Waals surface area contributed by atoms with Gasteiger partial charge in [0.15, 0.2) is 5.65 Å². The number of pyridine rings is 1. The van der Waals surface area contributed by atoms with E-state index in [1.807, 2.05) is 36.7 Å². The van der Waals surface area contributed by atoms with Gasteiger partial charge in [0.2, 0.25) is 5.88 Å². The summed E-state index contributed by atoms with van der Waals surface area (Å²) in [6.07, 6.45) is 8.21. The van der Waals surface area contributed by atoms with E-state index in [-0.39, 0.29) is 12.4 Å². The summed E-state index contributed by atoms with van der Waals surface area (Å²) >= 11 is 6.78. The lowest BCUT2D eigenvalue weighted by Gasteiger charge is -2.38. The number of piperidine rings is 1. The highest BCUT2D eigenvalue weighted by Gasteiger charge is 2.40. The van der Waals surface area contributed by atoms with Gasteiger partial charge in [0.1, 0.15) is 11.3 Å². The van der Waals surface area contributed by atoms with Crippen molar-refractivity contribution in [1.82, 2.24) is 19.9 Å². The molecule has 6 rings (SSSR count). The average Bonchev–Trinajstić information content (AvgIpc) is 3.32. The first-order valence-corrected chi connectivity index (χ1v) is 11.0. The molecular formula is C23H24Cl2N6O. The number of aromatic amines is 1. The Bertz CT molecular complexity index is 1290. The van der Waals surface area contributed by atoms with Crippen LogP contribution in [0.2, 0.25) is 5.02 Å². The number of nitrogens with zero attached hydrogens (tertiary/aromatic N) is 4. The molecule has 2 unspecified atom stereocenters. The van der Waals surface area contributed by atoms with Crippen molar-refractivity contribution in [3.8, 4) is 17.0 Å². The fourth-order valence-corrected chi connectivity index (χ4v) is 5.58. The summed E-state index contributed by atoms with van der Waals surface area (Å²) in [5.41, 5.74) is 10.3. The van der Waals surface area contributed by atoms with Gasteiger partial charge in [-0.15, -0.1) is 12.4 Å². The Labute approximate surface area is 196 Å². The Morgan fingerprint density at radius 2 is 1.81 bits per heavy atom. The molecule has 9 heteroatoms. The molecule has 5 heterocycles. The van der Waals surface area contributed by atoms with E-state index in [1.54, 1.807) is 7.11 Å². The van der Waals surface area contributed by atoms with Crippen molar-refractivity contribution in [3.05, 3.63) is 41.7 Å². The summed E-state index contributed by atoms with van der Waals surface area (Å²) < 4.78 is 5.27. The lowest BCUT2D eigenvalue weighted by atomic mass is 9.98. The first-order chi connectivity index (χ1) is 15.1. The third-order valence-corrected chi connectivity index (χ3v) is 7.06. The third-order valence-electron chi connectivity index (χ3n) is 6.68. The molecule has 3 N–H and O–H groups in total. The van der Waals surface area contributed by atoms with Crippen LogP contribution in [0.25, 0.3) is 33.2 Å². The monoisotopic (exact) mass is 470 g/mol. The number of nitrogens with two attached hydrogens (primary N) is 1. The van der Waals surface area contributed by atoms with E-state index in [9.17, 15) is 0 Å². The van der Waals surface area contributed by atoms with Crippen molar-refractivity contribution >= 4 is 51.9 Å². The van der Waals surface area contributed by atoms with Gasteiger partial charge in [-0.05, 0) is 31.7 Å². The van der Waals surface area contributed by atoms with Crippen LogP contribution < -0.4 is 15.4 Å². The molecule has 0 radical (unpaired) electrons. The average molecular weight is 471 g/mol. The van der Waals surface area contributed by atoms with Crippen molar-refractivity contribution < 1.29 is 4.74 Å². The second-order valence-electron chi connectivity index (χ2n) is 8.50. The molecule has 0 aliphatic carbocycles. The molecule has 0 saturated carbocycles. The van der Waals surface area contributed by atoms with Gasteiger partial charge in [-0.3, -0.25) is 0 Å². The molecule has 166 valence electrons. The highest BCUT2D eigenvalue weighted by molar-refractivity contribution is 6.38. The van der Waals surface area contributed by atoms with Crippen molar-refractivity contribution in [2.75, 3.05) is 12.0 Å². The third kappa shape index (κ3) is 3.27. The van der Waals surface area contributed by atoms with Gasteiger partial charge < -0.3 is 20.4 Å². The number of fused-ring (bicyclic) bond motifs is 4. The zero-order valence-electron chi connectivity index (χ0n) is 17.6. The summed E-state index contributed by atoms with van der Waals surface area (Å²) in [5.74, 6) is 1.46. The van der Waals surface area contributed by atoms with Crippen molar-refractivity contribution in [1.29, 1.82) is 0 Å². The van der Waals surface area contributed by atoms with E-state index in [1.165, 1.54) is 12.8 Å². The van der Waals surface area contributed by atoms with Crippen molar-refractivity contribution in [2.45, 2.75) is 43.8 Å². The van der Waals surface area contributed by atoms with Crippen LogP contribution in [0.5, 0.6) is 5.88 Å². The normalized spacial score (nSPS) is 22.3. The van der Waals surface area contributed by atoms with Crippen LogP contribution in [-0.2, 0) is 0 Å². The largest absolute Gasteiger partial charge is 0.481 e. The number of hydrogen-bond donors (Lipinski definition) is 2. The maximum absolute atomic E-state index is 6.78. The number of rotatable bonds is 3. The van der Waals surface area contributed by atoms with Gasteiger partial charge >= 0.3 is 0 Å². The Morgan fingerprint density at radius 3 is 2.56 bits per heavy atom. The van der Waals surface area contributed by atoms with Crippen LogP contribution in [0.3, 0.4) is 0 Å². The molecule has 32 heavy (non-hydrogen) atoms. The minimum Gasteiger partial charge on any atom is -0.481 e. The SMILES string of the molecule is COc1ccc2ccc(-c3c[nH]c4nc(N5C6CCC5CC(N)C6)cnc34)c(Cl)c2n1.Cl. The number of benzene rings is 1. The molecule has 7 nitrogen and oxygen atoms in total.